The van der Waals surface area contributed by atoms with Crippen molar-refractivity contribution >= 4 is 18.1 Å². The Balaban J connectivity index is 1.94. The lowest BCUT2D eigenvalue weighted by Crippen LogP contribution is -2.48. The quantitative estimate of drug-likeness (QED) is 0.704. The smallest absolute Gasteiger partial charge is 0.272 e. The first kappa shape index (κ1) is 16.2. The third-order valence-electron chi connectivity index (χ3n) is 3.50. The van der Waals surface area contributed by atoms with Crippen molar-refractivity contribution < 1.29 is 9.59 Å². The van der Waals surface area contributed by atoms with Gasteiger partial charge in [0.05, 0.1) is 0 Å². The van der Waals surface area contributed by atoms with Crippen LogP contribution in [-0.2, 0) is 4.79 Å². The first-order valence-corrected chi connectivity index (χ1v) is 7.29. The molecule has 1 aliphatic rings. The number of hydrogen-bond acceptors (Lipinski definition) is 6. The number of nitrogens with one attached hydrogen (secondary N) is 1. The number of hydrogen-bond donors (Lipinski definition) is 1. The average Bonchev–Trinajstić information content (AvgIpc) is 2.54. The molecule has 0 saturated carbocycles. The zero-order valence-corrected chi connectivity index (χ0v) is 13.0. The highest BCUT2D eigenvalue weighted by Gasteiger charge is 2.22. The summed E-state index contributed by atoms with van der Waals surface area (Å²) in [6.07, 6.45) is 2.21. The van der Waals surface area contributed by atoms with Crippen LogP contribution in [0.25, 0.3) is 0 Å². The maximum atomic E-state index is 12.4. The standard InChI is InChI=1S/C14H22N6O2/c1-18(2)4-3-15-13-9-12(16-10-17-13)14(22)20-7-5-19(11-21)6-8-20/h9-11H,3-8H2,1-2H3,(H,15,16,17). The fourth-order valence-electron chi connectivity index (χ4n) is 2.17. The van der Waals surface area contributed by atoms with Gasteiger partial charge in [-0.15, -0.1) is 0 Å². The van der Waals surface area contributed by atoms with Crippen LogP contribution in [0.4, 0.5) is 5.82 Å². The second kappa shape index (κ2) is 7.69. The van der Waals surface area contributed by atoms with Crippen molar-refractivity contribution in [2.24, 2.45) is 0 Å². The van der Waals surface area contributed by atoms with Gasteiger partial charge in [-0.05, 0) is 14.1 Å². The summed E-state index contributed by atoms with van der Waals surface area (Å²) in [5.74, 6) is 0.523. The number of anilines is 1. The maximum Gasteiger partial charge on any atom is 0.272 e. The topological polar surface area (TPSA) is 81.7 Å². The summed E-state index contributed by atoms with van der Waals surface area (Å²) < 4.78 is 0. The van der Waals surface area contributed by atoms with Crippen LogP contribution in [0.15, 0.2) is 12.4 Å². The van der Waals surface area contributed by atoms with Gasteiger partial charge in [0.25, 0.3) is 5.91 Å². The Kier molecular flexibility index (Phi) is 5.65. The molecule has 0 aliphatic carbocycles. The zero-order chi connectivity index (χ0) is 15.9. The van der Waals surface area contributed by atoms with Crippen LogP contribution < -0.4 is 5.32 Å². The minimum atomic E-state index is -0.122. The largest absolute Gasteiger partial charge is 0.369 e. The first-order valence-electron chi connectivity index (χ1n) is 7.29. The lowest BCUT2D eigenvalue weighted by molar-refractivity contribution is -0.119. The summed E-state index contributed by atoms with van der Waals surface area (Å²) in [7, 11) is 3.99. The molecule has 1 fully saturated rings. The van der Waals surface area contributed by atoms with Gasteiger partial charge >= 0.3 is 0 Å². The summed E-state index contributed by atoms with van der Waals surface area (Å²) in [4.78, 5) is 36.7. The van der Waals surface area contributed by atoms with Crippen molar-refractivity contribution in [1.29, 1.82) is 0 Å². The number of carbonyl (C=O) groups excluding carboxylic acids is 2. The number of amides is 2. The van der Waals surface area contributed by atoms with Crippen LogP contribution in [0.1, 0.15) is 10.5 Å². The molecule has 0 aromatic carbocycles. The van der Waals surface area contributed by atoms with Crippen molar-refractivity contribution in [3.05, 3.63) is 18.1 Å². The van der Waals surface area contributed by atoms with E-state index >= 15 is 0 Å². The third kappa shape index (κ3) is 4.39. The molecule has 120 valence electrons. The van der Waals surface area contributed by atoms with Crippen LogP contribution in [0.2, 0.25) is 0 Å². The molecule has 2 rings (SSSR count). The number of piperazine rings is 1. The van der Waals surface area contributed by atoms with Crippen LogP contribution in [0.5, 0.6) is 0 Å². The third-order valence-corrected chi connectivity index (χ3v) is 3.50. The Hall–Kier alpha value is -2.22. The number of carbonyl (C=O) groups is 2. The molecule has 1 aromatic heterocycles. The van der Waals surface area contributed by atoms with Gasteiger partial charge in [0.1, 0.15) is 17.8 Å². The molecule has 0 unspecified atom stereocenters. The Bertz CT molecular complexity index is 514. The van der Waals surface area contributed by atoms with Gasteiger partial charge in [-0.25, -0.2) is 9.97 Å². The van der Waals surface area contributed by atoms with Crippen molar-refractivity contribution in [2.45, 2.75) is 0 Å². The fourth-order valence-corrected chi connectivity index (χ4v) is 2.17. The molecule has 0 atom stereocenters. The zero-order valence-electron chi connectivity index (χ0n) is 13.0. The summed E-state index contributed by atoms with van der Waals surface area (Å²) in [5.41, 5.74) is 0.377. The van der Waals surface area contributed by atoms with Gasteiger partial charge < -0.3 is 20.0 Å². The van der Waals surface area contributed by atoms with E-state index in [1.807, 2.05) is 14.1 Å². The summed E-state index contributed by atoms with van der Waals surface area (Å²) in [6, 6.07) is 1.67. The molecule has 8 nitrogen and oxygen atoms in total. The summed E-state index contributed by atoms with van der Waals surface area (Å²) >= 11 is 0. The van der Waals surface area contributed by atoms with E-state index in [9.17, 15) is 9.59 Å². The Labute approximate surface area is 130 Å². The number of aromatic nitrogens is 2. The van der Waals surface area contributed by atoms with Gasteiger partial charge in [0.15, 0.2) is 0 Å². The second-order valence-corrected chi connectivity index (χ2v) is 5.45. The Morgan fingerprint density at radius 1 is 1.32 bits per heavy atom. The molecule has 1 aromatic rings. The monoisotopic (exact) mass is 306 g/mol. The van der Waals surface area contributed by atoms with Gasteiger partial charge in [0, 0.05) is 45.3 Å². The van der Waals surface area contributed by atoms with Gasteiger partial charge in [-0.1, -0.05) is 0 Å². The highest BCUT2D eigenvalue weighted by molar-refractivity contribution is 5.93. The molecule has 1 N–H and O–H groups in total. The SMILES string of the molecule is CN(C)CCNc1cc(C(=O)N2CCN(C=O)CC2)ncn1. The van der Waals surface area contributed by atoms with Crippen molar-refractivity contribution in [3.8, 4) is 0 Å². The molecular weight excluding hydrogens is 284 g/mol. The van der Waals surface area contributed by atoms with Crippen LogP contribution >= 0.6 is 0 Å². The molecule has 8 heteroatoms. The molecule has 0 spiro atoms. The summed E-state index contributed by atoms with van der Waals surface area (Å²) in [5, 5.41) is 3.17. The van der Waals surface area contributed by atoms with Gasteiger partial charge in [-0.3, -0.25) is 9.59 Å². The van der Waals surface area contributed by atoms with Gasteiger partial charge in [0.2, 0.25) is 6.41 Å². The Morgan fingerprint density at radius 3 is 2.68 bits per heavy atom. The second-order valence-electron chi connectivity index (χ2n) is 5.45. The van der Waals surface area contributed by atoms with E-state index in [1.54, 1.807) is 15.9 Å². The number of nitrogens with zero attached hydrogens (tertiary/aromatic N) is 5. The van der Waals surface area contributed by atoms with Crippen molar-refractivity contribution in [1.82, 2.24) is 24.7 Å². The molecule has 0 radical (unpaired) electrons. The van der Waals surface area contributed by atoms with E-state index in [1.165, 1.54) is 6.33 Å². The van der Waals surface area contributed by atoms with E-state index in [4.69, 9.17) is 0 Å². The molecule has 22 heavy (non-hydrogen) atoms. The number of rotatable bonds is 6. The highest BCUT2D eigenvalue weighted by atomic mass is 16.2. The normalized spacial score (nSPS) is 15.0. The van der Waals surface area contributed by atoms with E-state index in [2.05, 4.69) is 20.2 Å². The van der Waals surface area contributed by atoms with Crippen molar-refractivity contribution in [3.63, 3.8) is 0 Å². The fraction of sp³-hybridized carbons (Fsp3) is 0.571. The summed E-state index contributed by atoms with van der Waals surface area (Å²) in [6.45, 7) is 3.81. The molecule has 0 bridgehead atoms. The molecule has 1 saturated heterocycles. The van der Waals surface area contributed by atoms with E-state index in [-0.39, 0.29) is 5.91 Å². The van der Waals surface area contributed by atoms with E-state index < -0.39 is 0 Å². The maximum absolute atomic E-state index is 12.4. The lowest BCUT2D eigenvalue weighted by Gasteiger charge is -2.32. The molecule has 2 heterocycles. The minimum absolute atomic E-state index is 0.122. The van der Waals surface area contributed by atoms with E-state index in [0.717, 1.165) is 19.5 Å². The predicted molar refractivity (Wildman–Crippen MR) is 82.6 cm³/mol. The first-order chi connectivity index (χ1) is 10.6. The molecule has 2 amide bonds. The van der Waals surface area contributed by atoms with Gasteiger partial charge in [-0.2, -0.15) is 0 Å². The molecular formula is C14H22N6O2. The average molecular weight is 306 g/mol. The van der Waals surface area contributed by atoms with Crippen LogP contribution in [0, 0.1) is 0 Å². The molecule has 1 aliphatic heterocycles. The number of likely N-dealkylation sites (N-methyl/N-ethyl adjacent to an activating group) is 1. The van der Waals surface area contributed by atoms with E-state index in [0.29, 0.717) is 37.7 Å². The minimum Gasteiger partial charge on any atom is -0.369 e. The lowest BCUT2D eigenvalue weighted by atomic mass is 10.2. The Morgan fingerprint density at radius 2 is 2.05 bits per heavy atom. The predicted octanol–water partition coefficient (Wildman–Crippen LogP) is -0.636. The highest BCUT2D eigenvalue weighted by Crippen LogP contribution is 2.09. The van der Waals surface area contributed by atoms with Crippen LogP contribution in [0.3, 0.4) is 0 Å². The van der Waals surface area contributed by atoms with Crippen LogP contribution in [-0.4, -0.2) is 90.3 Å². The van der Waals surface area contributed by atoms with Crippen molar-refractivity contribution in [2.75, 3.05) is 58.7 Å².